The fourth-order valence-corrected chi connectivity index (χ4v) is 3.45. The molecule has 6 nitrogen and oxygen atoms in total. The highest BCUT2D eigenvalue weighted by Crippen LogP contribution is 2.38. The SMILES string of the molecule is CCOc1ccc2c(c1)O/C(=C\c1cccc(OCC)c1OC(=O)c1ccc(Cl)cc1)C2=O. The van der Waals surface area contributed by atoms with Crippen molar-refractivity contribution in [2.45, 2.75) is 13.8 Å². The Balaban J connectivity index is 1.68. The number of hydrogen-bond donors (Lipinski definition) is 0. The number of carbonyl (C=O) groups excluding carboxylic acids is 2. The van der Waals surface area contributed by atoms with E-state index in [1.165, 1.54) is 6.08 Å². The summed E-state index contributed by atoms with van der Waals surface area (Å²) in [5.41, 5.74) is 1.23. The normalized spacial score (nSPS) is 13.4. The first-order valence-electron chi connectivity index (χ1n) is 10.4. The number of benzene rings is 3. The van der Waals surface area contributed by atoms with Crippen molar-refractivity contribution in [1.82, 2.24) is 0 Å². The molecule has 0 aliphatic carbocycles. The Labute approximate surface area is 196 Å². The van der Waals surface area contributed by atoms with Gasteiger partial charge >= 0.3 is 5.97 Å². The number of halogens is 1. The van der Waals surface area contributed by atoms with Crippen LogP contribution in [-0.4, -0.2) is 25.0 Å². The van der Waals surface area contributed by atoms with Crippen LogP contribution in [0.2, 0.25) is 5.02 Å². The van der Waals surface area contributed by atoms with Crippen molar-refractivity contribution < 1.29 is 28.5 Å². The van der Waals surface area contributed by atoms with Crippen LogP contribution in [0, 0.1) is 0 Å². The second-order valence-corrected chi connectivity index (χ2v) is 7.47. The third kappa shape index (κ3) is 4.86. The minimum absolute atomic E-state index is 0.107. The molecule has 1 heterocycles. The summed E-state index contributed by atoms with van der Waals surface area (Å²) >= 11 is 5.91. The molecule has 0 unspecified atom stereocenters. The monoisotopic (exact) mass is 464 g/mol. The van der Waals surface area contributed by atoms with Crippen molar-refractivity contribution in [3.8, 4) is 23.0 Å². The summed E-state index contributed by atoms with van der Waals surface area (Å²) in [4.78, 5) is 25.6. The lowest BCUT2D eigenvalue weighted by Crippen LogP contribution is -2.11. The molecule has 0 saturated carbocycles. The number of allylic oxidation sites excluding steroid dienone is 1. The van der Waals surface area contributed by atoms with Gasteiger partial charge in [0, 0.05) is 16.7 Å². The molecule has 0 aromatic heterocycles. The van der Waals surface area contributed by atoms with Gasteiger partial charge in [0.15, 0.2) is 17.3 Å². The maximum atomic E-state index is 12.9. The Morgan fingerprint density at radius 2 is 1.76 bits per heavy atom. The molecular formula is C26H21ClO6. The van der Waals surface area contributed by atoms with Gasteiger partial charge in [-0.2, -0.15) is 0 Å². The first kappa shape index (κ1) is 22.4. The van der Waals surface area contributed by atoms with Gasteiger partial charge in [-0.1, -0.05) is 23.7 Å². The Morgan fingerprint density at radius 3 is 2.48 bits per heavy atom. The number of rotatable bonds is 7. The number of Topliss-reactive ketones (excluding diaryl/α,β-unsaturated/α-hetero) is 1. The molecule has 168 valence electrons. The second-order valence-electron chi connectivity index (χ2n) is 7.03. The molecule has 33 heavy (non-hydrogen) atoms. The predicted octanol–water partition coefficient (Wildman–Crippen LogP) is 5.97. The van der Waals surface area contributed by atoms with Gasteiger partial charge in [-0.3, -0.25) is 4.79 Å². The zero-order valence-corrected chi connectivity index (χ0v) is 18.8. The van der Waals surface area contributed by atoms with Gasteiger partial charge in [-0.25, -0.2) is 4.79 Å². The molecular weight excluding hydrogens is 444 g/mol. The third-order valence-corrected chi connectivity index (χ3v) is 5.07. The van der Waals surface area contributed by atoms with Crippen LogP contribution < -0.4 is 18.9 Å². The molecule has 0 spiro atoms. The molecule has 4 rings (SSSR count). The minimum atomic E-state index is -0.582. The van der Waals surface area contributed by atoms with Crippen LogP contribution in [0.15, 0.2) is 66.4 Å². The lowest BCUT2D eigenvalue weighted by Gasteiger charge is -2.13. The Kier molecular flexibility index (Phi) is 6.66. The quantitative estimate of drug-likeness (QED) is 0.243. The maximum absolute atomic E-state index is 12.9. The van der Waals surface area contributed by atoms with E-state index >= 15 is 0 Å². The van der Waals surface area contributed by atoms with Crippen molar-refractivity contribution in [3.63, 3.8) is 0 Å². The molecule has 0 fully saturated rings. The first-order chi connectivity index (χ1) is 16.0. The van der Waals surface area contributed by atoms with E-state index < -0.39 is 5.97 Å². The predicted molar refractivity (Wildman–Crippen MR) is 125 cm³/mol. The van der Waals surface area contributed by atoms with Gasteiger partial charge < -0.3 is 18.9 Å². The molecule has 3 aromatic carbocycles. The van der Waals surface area contributed by atoms with Crippen LogP contribution in [0.25, 0.3) is 6.08 Å². The number of fused-ring (bicyclic) bond motifs is 1. The van der Waals surface area contributed by atoms with Crippen molar-refractivity contribution in [2.75, 3.05) is 13.2 Å². The van der Waals surface area contributed by atoms with Crippen molar-refractivity contribution >= 4 is 29.4 Å². The van der Waals surface area contributed by atoms with Crippen molar-refractivity contribution in [1.29, 1.82) is 0 Å². The van der Waals surface area contributed by atoms with Crippen molar-refractivity contribution in [3.05, 3.63) is 88.1 Å². The highest BCUT2D eigenvalue weighted by Gasteiger charge is 2.28. The summed E-state index contributed by atoms with van der Waals surface area (Å²) in [7, 11) is 0. The smallest absolute Gasteiger partial charge is 0.343 e. The van der Waals surface area contributed by atoms with Gasteiger partial charge in [0.25, 0.3) is 0 Å². The van der Waals surface area contributed by atoms with Crippen LogP contribution in [0.5, 0.6) is 23.0 Å². The lowest BCUT2D eigenvalue weighted by molar-refractivity contribution is 0.0728. The summed E-state index contributed by atoms with van der Waals surface area (Å²) in [6.07, 6.45) is 1.54. The van der Waals surface area contributed by atoms with Crippen LogP contribution in [-0.2, 0) is 0 Å². The molecule has 3 aromatic rings. The van der Waals surface area contributed by atoms with Gasteiger partial charge in [0.1, 0.15) is 11.5 Å². The van der Waals surface area contributed by atoms with E-state index in [0.29, 0.717) is 52.2 Å². The number of hydrogen-bond acceptors (Lipinski definition) is 6. The van der Waals surface area contributed by atoms with E-state index in [2.05, 4.69) is 0 Å². The summed E-state index contributed by atoms with van der Waals surface area (Å²) < 4.78 is 22.6. The molecule has 0 amide bonds. The number of carbonyl (C=O) groups is 2. The fraction of sp³-hybridized carbons (Fsp3) is 0.154. The van der Waals surface area contributed by atoms with Gasteiger partial charge in [-0.05, 0) is 62.4 Å². The van der Waals surface area contributed by atoms with Crippen LogP contribution in [0.4, 0.5) is 0 Å². The number of ether oxygens (including phenoxy) is 4. The largest absolute Gasteiger partial charge is 0.494 e. The summed E-state index contributed by atoms with van der Waals surface area (Å²) in [6, 6.07) is 16.6. The van der Waals surface area contributed by atoms with E-state index in [4.69, 9.17) is 30.5 Å². The number of para-hydroxylation sites is 1. The van der Waals surface area contributed by atoms with E-state index in [1.54, 1.807) is 60.7 Å². The summed E-state index contributed by atoms with van der Waals surface area (Å²) in [5, 5.41) is 0.510. The zero-order chi connectivity index (χ0) is 23.4. The fourth-order valence-electron chi connectivity index (χ4n) is 3.33. The van der Waals surface area contributed by atoms with Gasteiger partial charge in [0.2, 0.25) is 5.78 Å². The third-order valence-electron chi connectivity index (χ3n) is 4.82. The van der Waals surface area contributed by atoms with Crippen LogP contribution in [0.1, 0.15) is 40.1 Å². The summed E-state index contributed by atoms with van der Waals surface area (Å²) in [5.74, 6) is 0.840. The van der Waals surface area contributed by atoms with Crippen molar-refractivity contribution in [2.24, 2.45) is 0 Å². The number of ketones is 1. The first-order valence-corrected chi connectivity index (χ1v) is 10.8. The molecule has 0 saturated heterocycles. The van der Waals surface area contributed by atoms with Crippen LogP contribution in [0.3, 0.4) is 0 Å². The van der Waals surface area contributed by atoms with E-state index in [-0.39, 0.29) is 17.3 Å². The molecule has 0 N–H and O–H groups in total. The maximum Gasteiger partial charge on any atom is 0.343 e. The summed E-state index contributed by atoms with van der Waals surface area (Å²) in [6.45, 7) is 4.57. The zero-order valence-electron chi connectivity index (χ0n) is 18.1. The minimum Gasteiger partial charge on any atom is -0.494 e. The average Bonchev–Trinajstić information content (AvgIpc) is 3.11. The van der Waals surface area contributed by atoms with E-state index in [9.17, 15) is 9.59 Å². The molecule has 0 radical (unpaired) electrons. The van der Waals surface area contributed by atoms with Gasteiger partial charge in [-0.15, -0.1) is 0 Å². The highest BCUT2D eigenvalue weighted by molar-refractivity contribution is 6.30. The topological polar surface area (TPSA) is 71.1 Å². The lowest BCUT2D eigenvalue weighted by atomic mass is 10.1. The van der Waals surface area contributed by atoms with E-state index in [0.717, 1.165) is 0 Å². The Bertz CT molecular complexity index is 1230. The molecule has 0 bridgehead atoms. The second kappa shape index (κ2) is 9.79. The Hall–Kier alpha value is -3.77. The molecule has 7 heteroatoms. The number of esters is 1. The highest BCUT2D eigenvalue weighted by atomic mass is 35.5. The molecule has 0 atom stereocenters. The van der Waals surface area contributed by atoms with E-state index in [1.807, 2.05) is 13.8 Å². The Morgan fingerprint density at radius 1 is 1.00 bits per heavy atom. The van der Waals surface area contributed by atoms with Gasteiger partial charge in [0.05, 0.1) is 24.3 Å². The van der Waals surface area contributed by atoms with Crippen LogP contribution >= 0.6 is 11.6 Å². The molecule has 1 aliphatic heterocycles. The standard InChI is InChI=1S/C26H21ClO6/c1-3-30-19-12-13-20-22(15-19)32-23(24(20)28)14-17-6-5-7-21(31-4-2)25(17)33-26(29)16-8-10-18(27)11-9-16/h5-15H,3-4H2,1-2H3/b23-14-. The average molecular weight is 465 g/mol. The molecule has 1 aliphatic rings.